The van der Waals surface area contributed by atoms with Crippen LogP contribution in [-0.4, -0.2) is 6.29 Å². The van der Waals surface area contributed by atoms with Crippen molar-refractivity contribution in [1.82, 2.24) is 0 Å². The molecule has 2 aromatic rings. The molecular weight excluding hydrogens is 212 g/mol. The Hall–Kier alpha value is -2.09. The quantitative estimate of drug-likeness (QED) is 0.744. The van der Waals surface area contributed by atoms with Gasteiger partial charge in [0.05, 0.1) is 0 Å². The van der Waals surface area contributed by atoms with Crippen LogP contribution in [0, 0.1) is 0 Å². The third-order valence-electron chi connectivity index (χ3n) is 2.60. The Kier molecular flexibility index (Phi) is 3.55. The van der Waals surface area contributed by atoms with Gasteiger partial charge in [0, 0.05) is 5.56 Å². The van der Waals surface area contributed by atoms with E-state index >= 15 is 0 Å². The molecule has 0 aliphatic rings. The van der Waals surface area contributed by atoms with Crippen LogP contribution < -0.4 is 4.74 Å². The number of hydrogen-bond donors (Lipinski definition) is 0. The van der Waals surface area contributed by atoms with Crippen LogP contribution in [0.4, 0.5) is 0 Å². The molecule has 0 bridgehead atoms. The van der Waals surface area contributed by atoms with E-state index in [1.807, 2.05) is 49.4 Å². The van der Waals surface area contributed by atoms with Crippen molar-refractivity contribution < 1.29 is 9.53 Å². The van der Waals surface area contributed by atoms with Crippen molar-refractivity contribution in [2.45, 2.75) is 13.0 Å². The molecule has 0 saturated heterocycles. The molecule has 2 aromatic carbocycles. The van der Waals surface area contributed by atoms with E-state index in [9.17, 15) is 4.79 Å². The smallest absolute Gasteiger partial charge is 0.150 e. The second-order valence-corrected chi connectivity index (χ2v) is 3.86. The second kappa shape index (κ2) is 5.30. The van der Waals surface area contributed by atoms with Gasteiger partial charge >= 0.3 is 0 Å². The predicted octanol–water partition coefficient (Wildman–Crippen LogP) is 3.64. The van der Waals surface area contributed by atoms with Crippen molar-refractivity contribution in [3.05, 3.63) is 65.7 Å². The van der Waals surface area contributed by atoms with Crippen molar-refractivity contribution in [3.8, 4) is 5.75 Å². The standard InChI is InChI=1S/C15H14O2/c1-12(14-5-3-2-4-6-14)17-15-9-7-13(11-16)8-10-15/h2-12H,1H3/t12-/m0/s1. The maximum absolute atomic E-state index is 10.5. The summed E-state index contributed by atoms with van der Waals surface area (Å²) in [4.78, 5) is 10.5. The molecule has 0 unspecified atom stereocenters. The summed E-state index contributed by atoms with van der Waals surface area (Å²) in [5, 5.41) is 0. The maximum atomic E-state index is 10.5. The van der Waals surface area contributed by atoms with E-state index in [1.165, 1.54) is 0 Å². The molecule has 0 aliphatic carbocycles. The lowest BCUT2D eigenvalue weighted by molar-refractivity contribution is 0.112. The predicted molar refractivity (Wildman–Crippen MR) is 67.3 cm³/mol. The van der Waals surface area contributed by atoms with Crippen LogP contribution in [0.2, 0.25) is 0 Å². The zero-order valence-corrected chi connectivity index (χ0v) is 9.67. The van der Waals surface area contributed by atoms with E-state index in [2.05, 4.69) is 0 Å². The highest BCUT2D eigenvalue weighted by Gasteiger charge is 2.06. The minimum absolute atomic E-state index is 0.00159. The van der Waals surface area contributed by atoms with Gasteiger partial charge in [-0.05, 0) is 36.8 Å². The summed E-state index contributed by atoms with van der Waals surface area (Å²) in [7, 11) is 0. The number of rotatable bonds is 4. The Bertz CT molecular complexity index is 474. The van der Waals surface area contributed by atoms with Crippen molar-refractivity contribution in [1.29, 1.82) is 0 Å². The van der Waals surface area contributed by atoms with E-state index in [0.717, 1.165) is 17.6 Å². The summed E-state index contributed by atoms with van der Waals surface area (Å²) in [5.41, 5.74) is 1.79. The van der Waals surface area contributed by atoms with E-state index in [-0.39, 0.29) is 6.10 Å². The molecule has 0 aromatic heterocycles. The van der Waals surface area contributed by atoms with Crippen LogP contribution in [-0.2, 0) is 0 Å². The zero-order chi connectivity index (χ0) is 12.1. The van der Waals surface area contributed by atoms with Gasteiger partial charge in [0.2, 0.25) is 0 Å². The average molecular weight is 226 g/mol. The highest BCUT2D eigenvalue weighted by Crippen LogP contribution is 2.21. The average Bonchev–Trinajstić information content (AvgIpc) is 2.40. The minimum Gasteiger partial charge on any atom is -0.486 e. The molecule has 0 heterocycles. The lowest BCUT2D eigenvalue weighted by Gasteiger charge is -2.14. The first-order valence-electron chi connectivity index (χ1n) is 5.56. The summed E-state index contributed by atoms with van der Waals surface area (Å²) >= 11 is 0. The molecule has 2 rings (SSSR count). The van der Waals surface area contributed by atoms with Crippen LogP contribution in [0.5, 0.6) is 5.75 Å². The second-order valence-electron chi connectivity index (χ2n) is 3.86. The highest BCUT2D eigenvalue weighted by molar-refractivity contribution is 5.74. The molecule has 17 heavy (non-hydrogen) atoms. The Morgan fingerprint density at radius 3 is 2.24 bits per heavy atom. The molecule has 2 heteroatoms. The Labute approximate surface area is 101 Å². The van der Waals surface area contributed by atoms with Gasteiger partial charge in [0.15, 0.2) is 0 Å². The summed E-state index contributed by atoms with van der Waals surface area (Å²) in [6.07, 6.45) is 0.822. The first-order valence-corrected chi connectivity index (χ1v) is 5.56. The van der Waals surface area contributed by atoms with Crippen LogP contribution >= 0.6 is 0 Å². The summed E-state index contributed by atoms with van der Waals surface area (Å²) in [6, 6.07) is 17.1. The first-order chi connectivity index (χ1) is 8.29. The van der Waals surface area contributed by atoms with Gasteiger partial charge in [-0.3, -0.25) is 4.79 Å². The van der Waals surface area contributed by atoms with Gasteiger partial charge in [-0.15, -0.1) is 0 Å². The van der Waals surface area contributed by atoms with Gasteiger partial charge in [0.25, 0.3) is 0 Å². The molecule has 2 nitrogen and oxygen atoms in total. The van der Waals surface area contributed by atoms with E-state index < -0.39 is 0 Å². The van der Waals surface area contributed by atoms with Gasteiger partial charge in [0.1, 0.15) is 18.1 Å². The number of hydrogen-bond acceptors (Lipinski definition) is 2. The van der Waals surface area contributed by atoms with Crippen molar-refractivity contribution in [2.75, 3.05) is 0 Å². The monoisotopic (exact) mass is 226 g/mol. The number of aldehydes is 1. The van der Waals surface area contributed by atoms with E-state index in [1.54, 1.807) is 12.1 Å². The fourth-order valence-corrected chi connectivity index (χ4v) is 1.62. The number of carbonyl (C=O) groups is 1. The van der Waals surface area contributed by atoms with Crippen LogP contribution in [0.1, 0.15) is 28.9 Å². The molecule has 0 fully saturated rings. The van der Waals surface area contributed by atoms with Crippen molar-refractivity contribution >= 4 is 6.29 Å². The summed E-state index contributed by atoms with van der Waals surface area (Å²) in [6.45, 7) is 2.00. The minimum atomic E-state index is -0.00159. The molecule has 0 amide bonds. The molecular formula is C15H14O2. The largest absolute Gasteiger partial charge is 0.486 e. The molecule has 0 radical (unpaired) electrons. The number of ether oxygens (including phenoxy) is 1. The SMILES string of the molecule is C[C@H](Oc1ccc(C=O)cc1)c1ccccc1. The van der Waals surface area contributed by atoms with Gasteiger partial charge in [-0.25, -0.2) is 0 Å². The molecule has 0 aliphatic heterocycles. The molecule has 1 atom stereocenters. The molecule has 0 N–H and O–H groups in total. The summed E-state index contributed by atoms with van der Waals surface area (Å²) < 4.78 is 5.78. The Morgan fingerprint density at radius 1 is 1.00 bits per heavy atom. The number of benzene rings is 2. The highest BCUT2D eigenvalue weighted by atomic mass is 16.5. The van der Waals surface area contributed by atoms with Gasteiger partial charge in [-0.2, -0.15) is 0 Å². The summed E-state index contributed by atoms with van der Waals surface area (Å²) in [5.74, 6) is 0.770. The fourth-order valence-electron chi connectivity index (χ4n) is 1.62. The van der Waals surface area contributed by atoms with Gasteiger partial charge < -0.3 is 4.74 Å². The normalized spacial score (nSPS) is 11.8. The fraction of sp³-hybridized carbons (Fsp3) is 0.133. The van der Waals surface area contributed by atoms with Crippen molar-refractivity contribution in [2.24, 2.45) is 0 Å². The van der Waals surface area contributed by atoms with E-state index in [4.69, 9.17) is 4.74 Å². The lowest BCUT2D eigenvalue weighted by atomic mass is 10.1. The lowest BCUT2D eigenvalue weighted by Crippen LogP contribution is -2.02. The third kappa shape index (κ3) is 2.94. The Balaban J connectivity index is 2.07. The first kappa shape index (κ1) is 11.4. The van der Waals surface area contributed by atoms with E-state index in [0.29, 0.717) is 5.56 Å². The maximum Gasteiger partial charge on any atom is 0.150 e. The molecule has 0 saturated carbocycles. The third-order valence-corrected chi connectivity index (χ3v) is 2.60. The topological polar surface area (TPSA) is 26.3 Å². The molecule has 0 spiro atoms. The Morgan fingerprint density at radius 2 is 1.65 bits per heavy atom. The van der Waals surface area contributed by atoms with Crippen molar-refractivity contribution in [3.63, 3.8) is 0 Å². The van der Waals surface area contributed by atoms with Crippen LogP contribution in [0.15, 0.2) is 54.6 Å². The number of carbonyl (C=O) groups excluding carboxylic acids is 1. The zero-order valence-electron chi connectivity index (χ0n) is 9.67. The molecule has 86 valence electrons. The van der Waals surface area contributed by atoms with Crippen LogP contribution in [0.3, 0.4) is 0 Å². The van der Waals surface area contributed by atoms with Crippen LogP contribution in [0.25, 0.3) is 0 Å². The van der Waals surface area contributed by atoms with Gasteiger partial charge in [-0.1, -0.05) is 30.3 Å².